The molecule has 7 heteroatoms. The van der Waals surface area contributed by atoms with Crippen LogP contribution >= 0.6 is 11.3 Å². The molecule has 0 saturated carbocycles. The van der Waals surface area contributed by atoms with E-state index < -0.39 is 16.1 Å². The Kier molecular flexibility index (Phi) is 3.98. The van der Waals surface area contributed by atoms with Crippen LogP contribution in [0.15, 0.2) is 39.9 Å². The van der Waals surface area contributed by atoms with E-state index in [1.165, 1.54) is 15.6 Å². The lowest BCUT2D eigenvalue weighted by atomic mass is 10.0. The molecule has 1 aromatic carbocycles. The molecule has 0 spiro atoms. The summed E-state index contributed by atoms with van der Waals surface area (Å²) in [5, 5.41) is 5.26. The molecule has 3 rings (SSSR count). The zero-order valence-electron chi connectivity index (χ0n) is 12.7. The normalized spacial score (nSPS) is 19.6. The summed E-state index contributed by atoms with van der Waals surface area (Å²) >= 11 is 1.38. The topological polar surface area (TPSA) is 49.9 Å². The molecule has 1 aromatic heterocycles. The highest BCUT2D eigenvalue weighted by Gasteiger charge is 2.36. The second-order valence-electron chi connectivity index (χ2n) is 5.15. The van der Waals surface area contributed by atoms with Crippen LogP contribution in [-0.2, 0) is 14.9 Å². The number of para-hydroxylation sites is 1. The van der Waals surface area contributed by atoms with E-state index in [0.29, 0.717) is 22.7 Å². The van der Waals surface area contributed by atoms with Crippen LogP contribution in [0.25, 0.3) is 0 Å². The van der Waals surface area contributed by atoms with Gasteiger partial charge in [0.25, 0.3) is 10.0 Å². The van der Waals surface area contributed by atoms with Crippen molar-refractivity contribution in [3.05, 3.63) is 46.2 Å². The van der Waals surface area contributed by atoms with Gasteiger partial charge in [-0.1, -0.05) is 25.1 Å². The van der Waals surface area contributed by atoms with E-state index in [4.69, 9.17) is 4.84 Å². The summed E-state index contributed by atoms with van der Waals surface area (Å²) in [5.41, 5.74) is 2.20. The highest BCUT2D eigenvalue weighted by molar-refractivity contribution is 7.93. The van der Waals surface area contributed by atoms with Crippen molar-refractivity contribution >= 4 is 27.0 Å². The first-order chi connectivity index (χ1) is 10.5. The van der Waals surface area contributed by atoms with E-state index in [2.05, 4.69) is 0 Å². The van der Waals surface area contributed by atoms with Gasteiger partial charge in [-0.15, -0.1) is 0 Å². The predicted molar refractivity (Wildman–Crippen MR) is 87.6 cm³/mol. The minimum Gasteiger partial charge on any atom is -0.286 e. The van der Waals surface area contributed by atoms with Gasteiger partial charge in [0.05, 0.1) is 5.69 Å². The van der Waals surface area contributed by atoms with E-state index >= 15 is 0 Å². The Hall–Kier alpha value is -1.41. The van der Waals surface area contributed by atoms with Crippen LogP contribution < -0.4 is 4.31 Å². The molecule has 0 amide bonds. The molecule has 118 valence electrons. The number of fused-ring (bicyclic) bond motifs is 2. The fourth-order valence-corrected chi connectivity index (χ4v) is 5.14. The number of thiophene rings is 1. The molecule has 0 radical (unpaired) electrons. The highest BCUT2D eigenvalue weighted by Crippen LogP contribution is 2.43. The maximum absolute atomic E-state index is 12.8. The predicted octanol–water partition coefficient (Wildman–Crippen LogP) is 2.86. The van der Waals surface area contributed by atoms with Crippen LogP contribution in [0, 0.1) is 0 Å². The van der Waals surface area contributed by atoms with E-state index in [0.717, 1.165) is 5.56 Å². The van der Waals surface area contributed by atoms with Gasteiger partial charge >= 0.3 is 0 Å². The standard InChI is InChI=1S/C15H18N2O3S2/c1-4-16(2)20-15-11-7-5-6-8-13(11)17(3)22(18,19)14-10-21-9-12(14)15/h5-10,15H,4H2,1-3H3. The summed E-state index contributed by atoms with van der Waals surface area (Å²) in [6.45, 7) is 2.70. The lowest BCUT2D eigenvalue weighted by molar-refractivity contribution is -0.168. The number of sulfonamides is 1. The summed E-state index contributed by atoms with van der Waals surface area (Å²) < 4.78 is 27.0. The molecule has 0 saturated heterocycles. The molecule has 2 aromatic rings. The number of hydrogen-bond donors (Lipinski definition) is 0. The molecule has 5 nitrogen and oxygen atoms in total. The van der Waals surface area contributed by atoms with E-state index in [1.54, 1.807) is 17.5 Å². The molecular weight excluding hydrogens is 320 g/mol. The van der Waals surface area contributed by atoms with Crippen LogP contribution in [0.3, 0.4) is 0 Å². The van der Waals surface area contributed by atoms with E-state index in [1.807, 2.05) is 43.6 Å². The van der Waals surface area contributed by atoms with Crippen LogP contribution in [-0.4, -0.2) is 34.1 Å². The van der Waals surface area contributed by atoms with Crippen molar-refractivity contribution in [1.29, 1.82) is 0 Å². The van der Waals surface area contributed by atoms with Gasteiger partial charge in [0, 0.05) is 37.1 Å². The molecule has 0 fully saturated rings. The molecule has 22 heavy (non-hydrogen) atoms. The Balaban J connectivity index is 2.26. The van der Waals surface area contributed by atoms with Crippen LogP contribution in [0.5, 0.6) is 0 Å². The Morgan fingerprint density at radius 3 is 2.73 bits per heavy atom. The maximum atomic E-state index is 12.8. The van der Waals surface area contributed by atoms with Crippen LogP contribution in [0.2, 0.25) is 0 Å². The van der Waals surface area contributed by atoms with Crippen LogP contribution in [0.1, 0.15) is 24.2 Å². The van der Waals surface area contributed by atoms with Crippen molar-refractivity contribution in [2.24, 2.45) is 0 Å². The number of hydrogen-bond acceptors (Lipinski definition) is 5. The zero-order chi connectivity index (χ0) is 15.9. The third kappa shape index (κ3) is 2.34. The van der Waals surface area contributed by atoms with Crippen molar-refractivity contribution in [3.8, 4) is 0 Å². The number of anilines is 1. The summed E-state index contributed by atoms with van der Waals surface area (Å²) in [7, 11) is -0.128. The number of benzene rings is 1. The fraction of sp³-hybridized carbons (Fsp3) is 0.333. The Morgan fingerprint density at radius 1 is 1.27 bits per heavy atom. The van der Waals surface area contributed by atoms with Crippen LogP contribution in [0.4, 0.5) is 5.69 Å². The lowest BCUT2D eigenvalue weighted by Crippen LogP contribution is -2.26. The minimum absolute atomic E-state index is 0.325. The summed E-state index contributed by atoms with van der Waals surface area (Å²) in [6, 6.07) is 7.47. The SMILES string of the molecule is CCN(C)OC1c2ccccc2N(C)S(=O)(=O)c2cscc21. The molecule has 1 atom stereocenters. The average molecular weight is 338 g/mol. The maximum Gasteiger partial charge on any atom is 0.265 e. The molecule has 0 bridgehead atoms. The third-order valence-electron chi connectivity index (χ3n) is 3.86. The summed E-state index contributed by atoms with van der Waals surface area (Å²) in [6.07, 6.45) is -0.429. The van der Waals surface area contributed by atoms with Gasteiger partial charge in [-0.25, -0.2) is 8.42 Å². The summed E-state index contributed by atoms with van der Waals surface area (Å²) in [5.74, 6) is 0. The molecule has 0 aliphatic carbocycles. The average Bonchev–Trinajstić information content (AvgIpc) is 2.99. The largest absolute Gasteiger partial charge is 0.286 e. The minimum atomic E-state index is -3.56. The summed E-state index contributed by atoms with van der Waals surface area (Å²) in [4.78, 5) is 6.35. The van der Waals surface area contributed by atoms with Gasteiger partial charge < -0.3 is 0 Å². The first-order valence-corrected chi connectivity index (χ1v) is 9.37. The lowest BCUT2D eigenvalue weighted by Gasteiger charge is -2.24. The monoisotopic (exact) mass is 338 g/mol. The van der Waals surface area contributed by atoms with Gasteiger partial charge in [-0.05, 0) is 11.4 Å². The number of nitrogens with zero attached hydrogens (tertiary/aromatic N) is 2. The zero-order valence-corrected chi connectivity index (χ0v) is 14.3. The molecule has 0 N–H and O–H groups in total. The Labute approximate surface area is 134 Å². The van der Waals surface area contributed by atoms with Gasteiger partial charge in [0.15, 0.2) is 0 Å². The molecule has 1 unspecified atom stereocenters. The first-order valence-electron chi connectivity index (χ1n) is 6.98. The molecule has 2 heterocycles. The Bertz CT molecular complexity index is 786. The third-order valence-corrected chi connectivity index (χ3v) is 6.60. The quantitative estimate of drug-likeness (QED) is 0.808. The fourth-order valence-electron chi connectivity index (χ4n) is 2.50. The highest BCUT2D eigenvalue weighted by atomic mass is 32.2. The van der Waals surface area contributed by atoms with Crippen molar-refractivity contribution in [3.63, 3.8) is 0 Å². The molecule has 1 aliphatic heterocycles. The number of hydroxylamine groups is 2. The first kappa shape index (κ1) is 15.5. The van der Waals surface area contributed by atoms with Crippen molar-refractivity contribution in [2.45, 2.75) is 17.9 Å². The second-order valence-corrected chi connectivity index (χ2v) is 7.83. The van der Waals surface area contributed by atoms with Gasteiger partial charge in [0.1, 0.15) is 11.0 Å². The van der Waals surface area contributed by atoms with Gasteiger partial charge in [-0.3, -0.25) is 9.14 Å². The van der Waals surface area contributed by atoms with E-state index in [-0.39, 0.29) is 0 Å². The molecular formula is C15H18N2O3S2. The van der Waals surface area contributed by atoms with Gasteiger partial charge in [0.2, 0.25) is 0 Å². The van der Waals surface area contributed by atoms with Crippen molar-refractivity contribution < 1.29 is 13.3 Å². The second kappa shape index (κ2) is 5.66. The van der Waals surface area contributed by atoms with Crippen molar-refractivity contribution in [1.82, 2.24) is 5.06 Å². The molecule has 1 aliphatic rings. The van der Waals surface area contributed by atoms with Gasteiger partial charge in [-0.2, -0.15) is 16.4 Å². The van der Waals surface area contributed by atoms with Crippen molar-refractivity contribution in [2.75, 3.05) is 24.9 Å². The number of rotatable bonds is 3. The van der Waals surface area contributed by atoms with E-state index in [9.17, 15) is 8.42 Å². The Morgan fingerprint density at radius 2 is 2.00 bits per heavy atom. The smallest absolute Gasteiger partial charge is 0.265 e.